The van der Waals surface area contributed by atoms with Gasteiger partial charge in [0.05, 0.1) is 0 Å². The van der Waals surface area contributed by atoms with Crippen LogP contribution in [0.4, 0.5) is 5.82 Å². The van der Waals surface area contributed by atoms with Gasteiger partial charge in [-0.05, 0) is 30.9 Å². The Balaban J connectivity index is 1.30. The second kappa shape index (κ2) is 8.06. The molecule has 7 heteroatoms. The summed E-state index contributed by atoms with van der Waals surface area (Å²) in [5.41, 5.74) is 0.844. The van der Waals surface area contributed by atoms with Gasteiger partial charge in [-0.25, -0.2) is 4.98 Å². The normalized spacial score (nSPS) is 18.7. The van der Waals surface area contributed by atoms with Crippen LogP contribution in [0, 0.1) is 12.8 Å². The van der Waals surface area contributed by atoms with Crippen molar-refractivity contribution >= 4 is 11.7 Å². The third-order valence-electron chi connectivity index (χ3n) is 5.68. The number of carbonyl (C=O) groups excluding carboxylic acids is 1. The number of piperazine rings is 1. The van der Waals surface area contributed by atoms with Crippen molar-refractivity contribution in [3.05, 3.63) is 24.2 Å². The van der Waals surface area contributed by atoms with Crippen LogP contribution in [0.2, 0.25) is 0 Å². The van der Waals surface area contributed by atoms with Crippen LogP contribution >= 0.6 is 0 Å². The summed E-state index contributed by atoms with van der Waals surface area (Å²) in [6.07, 6.45) is 8.87. The number of anilines is 1. The lowest BCUT2D eigenvalue weighted by Crippen LogP contribution is -2.49. The Bertz CT molecular complexity index is 759. The fourth-order valence-corrected chi connectivity index (χ4v) is 4.07. The molecule has 0 spiro atoms. The van der Waals surface area contributed by atoms with E-state index < -0.39 is 0 Å². The largest absolute Gasteiger partial charge is 0.353 e. The van der Waals surface area contributed by atoms with Crippen LogP contribution in [-0.2, 0) is 4.79 Å². The average molecular weight is 369 g/mol. The molecular weight excluding hydrogens is 342 g/mol. The van der Waals surface area contributed by atoms with Crippen LogP contribution < -0.4 is 4.90 Å². The molecule has 2 aromatic heterocycles. The molecule has 0 N–H and O–H groups in total. The van der Waals surface area contributed by atoms with Gasteiger partial charge in [-0.15, -0.1) is 0 Å². The third-order valence-corrected chi connectivity index (χ3v) is 5.68. The maximum absolute atomic E-state index is 12.6. The lowest BCUT2D eigenvalue weighted by molar-refractivity contribution is -0.132. The van der Waals surface area contributed by atoms with Gasteiger partial charge in [0.1, 0.15) is 5.82 Å². The maximum Gasteiger partial charge on any atom is 0.223 e. The van der Waals surface area contributed by atoms with Gasteiger partial charge in [-0.2, -0.15) is 4.98 Å². The molecule has 2 aliphatic rings. The number of nitrogens with zero attached hydrogens (tertiary/aromatic N) is 5. The van der Waals surface area contributed by atoms with Gasteiger partial charge in [0.25, 0.3) is 0 Å². The third kappa shape index (κ3) is 4.28. The smallest absolute Gasteiger partial charge is 0.223 e. The summed E-state index contributed by atoms with van der Waals surface area (Å²) in [6, 6.07) is 3.95. The van der Waals surface area contributed by atoms with E-state index in [1.54, 1.807) is 13.1 Å². The Morgan fingerprint density at radius 1 is 1.15 bits per heavy atom. The first-order valence-corrected chi connectivity index (χ1v) is 9.98. The topological polar surface area (TPSA) is 75.4 Å². The number of aromatic nitrogens is 3. The molecule has 0 aromatic carbocycles. The van der Waals surface area contributed by atoms with Gasteiger partial charge in [0, 0.05) is 51.3 Å². The van der Waals surface area contributed by atoms with E-state index in [1.165, 1.54) is 32.1 Å². The molecule has 0 atom stereocenters. The fraction of sp³-hybridized carbons (Fsp3) is 0.600. The summed E-state index contributed by atoms with van der Waals surface area (Å²) < 4.78 is 5.02. The maximum atomic E-state index is 12.6. The van der Waals surface area contributed by atoms with Crippen LogP contribution in [0.3, 0.4) is 0 Å². The first-order valence-electron chi connectivity index (χ1n) is 9.98. The van der Waals surface area contributed by atoms with Gasteiger partial charge in [0.2, 0.25) is 17.6 Å². The highest BCUT2D eigenvalue weighted by molar-refractivity contribution is 5.76. The van der Waals surface area contributed by atoms with E-state index >= 15 is 0 Å². The molecule has 1 saturated carbocycles. The van der Waals surface area contributed by atoms with Crippen molar-refractivity contribution in [1.29, 1.82) is 0 Å². The number of hydrogen-bond donors (Lipinski definition) is 0. The minimum atomic E-state index is 0.331. The van der Waals surface area contributed by atoms with Gasteiger partial charge >= 0.3 is 0 Å². The minimum absolute atomic E-state index is 0.331. The Kier molecular flexibility index (Phi) is 5.36. The number of amides is 1. The molecule has 0 bridgehead atoms. The predicted octanol–water partition coefficient (Wildman–Crippen LogP) is 3.06. The highest BCUT2D eigenvalue weighted by Gasteiger charge is 2.25. The minimum Gasteiger partial charge on any atom is -0.353 e. The predicted molar refractivity (Wildman–Crippen MR) is 102 cm³/mol. The molecule has 1 aliphatic heterocycles. The highest BCUT2D eigenvalue weighted by Crippen LogP contribution is 2.27. The molecule has 0 unspecified atom stereocenters. The molecule has 1 aliphatic carbocycles. The van der Waals surface area contributed by atoms with Crippen LogP contribution in [0.25, 0.3) is 11.4 Å². The Morgan fingerprint density at radius 2 is 1.93 bits per heavy atom. The standard InChI is InChI=1S/C20H27N5O2/c1-15-22-20(23-27-15)17-7-8-18(21-14-17)24-9-11-25(12-10-24)19(26)13-16-5-3-2-4-6-16/h7-8,14,16H,2-6,9-13H2,1H3. The molecule has 144 valence electrons. The van der Waals surface area contributed by atoms with Crippen LogP contribution in [0.15, 0.2) is 22.9 Å². The van der Waals surface area contributed by atoms with Gasteiger partial charge in [-0.3, -0.25) is 4.79 Å². The fourth-order valence-electron chi connectivity index (χ4n) is 4.07. The summed E-state index contributed by atoms with van der Waals surface area (Å²) in [7, 11) is 0. The molecule has 2 fully saturated rings. The molecule has 7 nitrogen and oxygen atoms in total. The van der Waals surface area contributed by atoms with Crippen LogP contribution in [0.5, 0.6) is 0 Å². The van der Waals surface area contributed by atoms with E-state index in [0.717, 1.165) is 44.0 Å². The summed E-state index contributed by atoms with van der Waals surface area (Å²) in [6.45, 7) is 4.97. The van der Waals surface area contributed by atoms with E-state index in [0.29, 0.717) is 23.5 Å². The van der Waals surface area contributed by atoms with Crippen molar-refractivity contribution in [2.45, 2.75) is 45.4 Å². The van der Waals surface area contributed by atoms with Crippen molar-refractivity contribution in [2.75, 3.05) is 31.1 Å². The second-order valence-corrected chi connectivity index (χ2v) is 7.62. The lowest BCUT2D eigenvalue weighted by atomic mass is 9.86. The number of rotatable bonds is 4. The van der Waals surface area contributed by atoms with Crippen molar-refractivity contribution in [2.24, 2.45) is 5.92 Å². The molecule has 3 heterocycles. The zero-order valence-corrected chi connectivity index (χ0v) is 15.9. The molecule has 1 saturated heterocycles. The van der Waals surface area contributed by atoms with E-state index in [-0.39, 0.29) is 0 Å². The quantitative estimate of drug-likeness (QED) is 0.824. The monoisotopic (exact) mass is 369 g/mol. The Hall–Kier alpha value is -2.44. The van der Waals surface area contributed by atoms with E-state index in [1.807, 2.05) is 17.0 Å². The molecule has 27 heavy (non-hydrogen) atoms. The van der Waals surface area contributed by atoms with Crippen molar-refractivity contribution in [3.8, 4) is 11.4 Å². The average Bonchev–Trinajstić information content (AvgIpc) is 3.15. The van der Waals surface area contributed by atoms with Gasteiger partial charge in [0.15, 0.2) is 0 Å². The summed E-state index contributed by atoms with van der Waals surface area (Å²) in [5, 5.41) is 3.92. The number of hydrogen-bond acceptors (Lipinski definition) is 6. The summed E-state index contributed by atoms with van der Waals surface area (Å²) in [4.78, 5) is 25.6. The molecule has 2 aromatic rings. The number of pyridine rings is 1. The zero-order chi connectivity index (χ0) is 18.6. The van der Waals surface area contributed by atoms with Crippen LogP contribution in [-0.4, -0.2) is 52.1 Å². The highest BCUT2D eigenvalue weighted by atomic mass is 16.5. The van der Waals surface area contributed by atoms with Crippen molar-refractivity contribution in [1.82, 2.24) is 20.0 Å². The van der Waals surface area contributed by atoms with E-state index in [2.05, 4.69) is 20.0 Å². The van der Waals surface area contributed by atoms with Gasteiger partial charge < -0.3 is 14.3 Å². The van der Waals surface area contributed by atoms with Gasteiger partial charge in [-0.1, -0.05) is 24.4 Å². The summed E-state index contributed by atoms with van der Waals surface area (Å²) in [5.74, 6) is 2.97. The van der Waals surface area contributed by atoms with Crippen molar-refractivity contribution in [3.63, 3.8) is 0 Å². The lowest BCUT2D eigenvalue weighted by Gasteiger charge is -2.36. The molecule has 1 amide bonds. The van der Waals surface area contributed by atoms with E-state index in [4.69, 9.17) is 4.52 Å². The zero-order valence-electron chi connectivity index (χ0n) is 15.9. The first kappa shape index (κ1) is 17.9. The SMILES string of the molecule is Cc1nc(-c2ccc(N3CCN(C(=O)CC4CCCCC4)CC3)nc2)no1. The Morgan fingerprint density at radius 3 is 2.56 bits per heavy atom. The molecular formula is C20H27N5O2. The molecule has 4 rings (SSSR count). The molecule has 0 radical (unpaired) electrons. The summed E-state index contributed by atoms with van der Waals surface area (Å²) >= 11 is 0. The van der Waals surface area contributed by atoms with Crippen molar-refractivity contribution < 1.29 is 9.32 Å². The Labute approximate surface area is 159 Å². The first-order chi connectivity index (χ1) is 13.2. The second-order valence-electron chi connectivity index (χ2n) is 7.62. The number of carbonyl (C=O) groups is 1. The van der Waals surface area contributed by atoms with Crippen LogP contribution in [0.1, 0.15) is 44.4 Å². The number of aryl methyl sites for hydroxylation is 1. The van der Waals surface area contributed by atoms with E-state index in [9.17, 15) is 4.79 Å².